The van der Waals surface area contributed by atoms with E-state index >= 15 is 0 Å². The molecular formula is C10H16OS. The van der Waals surface area contributed by atoms with Crippen LogP contribution < -0.4 is 0 Å². The molecule has 4 unspecified atom stereocenters. The number of aliphatic hydroxyl groups excluding tert-OH is 1. The van der Waals surface area contributed by atoms with Crippen LogP contribution in [0.5, 0.6) is 0 Å². The molecule has 0 bridgehead atoms. The molecule has 0 aromatic carbocycles. The predicted octanol–water partition coefficient (Wildman–Crippen LogP) is 1.78. The minimum Gasteiger partial charge on any atom is -0.396 e. The van der Waals surface area contributed by atoms with E-state index in [9.17, 15) is 5.11 Å². The standard InChI is InChI=1S/C10H16OS/c1-7-2-3-8-5-12-6-10(8)9(7)4-11/h2-3,7-11H,4-6H2,1H3. The van der Waals surface area contributed by atoms with Crippen molar-refractivity contribution in [1.29, 1.82) is 0 Å². The van der Waals surface area contributed by atoms with Crippen LogP contribution in [0.3, 0.4) is 0 Å². The Kier molecular flexibility index (Phi) is 2.47. The van der Waals surface area contributed by atoms with E-state index in [0.717, 1.165) is 11.8 Å². The van der Waals surface area contributed by atoms with E-state index in [4.69, 9.17) is 0 Å². The number of fused-ring (bicyclic) bond motifs is 1. The van der Waals surface area contributed by atoms with Gasteiger partial charge in [-0.25, -0.2) is 0 Å². The molecule has 0 amide bonds. The Morgan fingerprint density at radius 1 is 1.42 bits per heavy atom. The quantitative estimate of drug-likeness (QED) is 0.627. The summed E-state index contributed by atoms with van der Waals surface area (Å²) >= 11 is 2.04. The van der Waals surface area contributed by atoms with Crippen molar-refractivity contribution in [3.63, 3.8) is 0 Å². The highest BCUT2D eigenvalue weighted by Crippen LogP contribution is 2.42. The number of hydrogen-bond acceptors (Lipinski definition) is 2. The van der Waals surface area contributed by atoms with Gasteiger partial charge in [0.15, 0.2) is 0 Å². The fraction of sp³-hybridized carbons (Fsp3) is 0.800. The van der Waals surface area contributed by atoms with Crippen molar-refractivity contribution in [2.24, 2.45) is 23.7 Å². The molecule has 68 valence electrons. The lowest BCUT2D eigenvalue weighted by Gasteiger charge is -2.32. The first-order valence-corrected chi connectivity index (χ1v) is 5.85. The monoisotopic (exact) mass is 184 g/mol. The zero-order chi connectivity index (χ0) is 8.55. The number of thioether (sulfide) groups is 1. The van der Waals surface area contributed by atoms with Crippen molar-refractivity contribution < 1.29 is 5.11 Å². The minimum absolute atomic E-state index is 0.368. The third-order valence-electron chi connectivity index (χ3n) is 3.27. The summed E-state index contributed by atoms with van der Waals surface area (Å²) in [6.45, 7) is 2.59. The smallest absolute Gasteiger partial charge is 0.0467 e. The Hall–Kier alpha value is 0.0500. The number of hydrogen-bond donors (Lipinski definition) is 1. The van der Waals surface area contributed by atoms with Crippen LogP contribution in [-0.2, 0) is 0 Å². The second-order valence-electron chi connectivity index (χ2n) is 3.96. The molecule has 1 heterocycles. The highest BCUT2D eigenvalue weighted by Gasteiger charge is 2.37. The third-order valence-corrected chi connectivity index (χ3v) is 4.51. The van der Waals surface area contributed by atoms with Crippen molar-refractivity contribution >= 4 is 11.8 Å². The largest absolute Gasteiger partial charge is 0.396 e. The lowest BCUT2D eigenvalue weighted by atomic mass is 9.73. The molecule has 1 saturated heterocycles. The van der Waals surface area contributed by atoms with E-state index in [2.05, 4.69) is 19.1 Å². The molecule has 2 heteroatoms. The summed E-state index contributed by atoms with van der Waals surface area (Å²) in [6.07, 6.45) is 4.65. The molecule has 0 aromatic rings. The molecular weight excluding hydrogens is 168 g/mol. The lowest BCUT2D eigenvalue weighted by Crippen LogP contribution is -2.31. The first-order chi connectivity index (χ1) is 5.83. The second kappa shape index (κ2) is 3.43. The Morgan fingerprint density at radius 3 is 3.00 bits per heavy atom. The molecule has 1 nitrogen and oxygen atoms in total. The maximum Gasteiger partial charge on any atom is 0.0467 e. The maximum absolute atomic E-state index is 9.27. The summed E-state index contributed by atoms with van der Waals surface area (Å²) in [4.78, 5) is 0. The van der Waals surface area contributed by atoms with Gasteiger partial charge in [-0.3, -0.25) is 0 Å². The summed E-state index contributed by atoms with van der Waals surface area (Å²) in [7, 11) is 0. The van der Waals surface area contributed by atoms with Crippen LogP contribution in [0.4, 0.5) is 0 Å². The van der Waals surface area contributed by atoms with Gasteiger partial charge in [-0.05, 0) is 35.2 Å². The van der Waals surface area contributed by atoms with Gasteiger partial charge < -0.3 is 5.11 Å². The second-order valence-corrected chi connectivity index (χ2v) is 5.03. The Morgan fingerprint density at radius 2 is 2.25 bits per heavy atom. The molecule has 12 heavy (non-hydrogen) atoms. The van der Waals surface area contributed by atoms with Gasteiger partial charge in [-0.15, -0.1) is 0 Å². The molecule has 0 radical (unpaired) electrons. The van der Waals surface area contributed by atoms with Crippen LogP contribution in [0.15, 0.2) is 12.2 Å². The van der Waals surface area contributed by atoms with Crippen LogP contribution >= 0.6 is 11.8 Å². The highest BCUT2D eigenvalue weighted by atomic mass is 32.2. The summed E-state index contributed by atoms with van der Waals surface area (Å²) in [5.74, 6) is 5.13. The van der Waals surface area contributed by atoms with Crippen LogP contribution in [0.1, 0.15) is 6.92 Å². The van der Waals surface area contributed by atoms with Crippen LogP contribution in [-0.4, -0.2) is 23.2 Å². The topological polar surface area (TPSA) is 20.2 Å². The van der Waals surface area contributed by atoms with E-state index in [0.29, 0.717) is 18.4 Å². The number of rotatable bonds is 1. The summed E-state index contributed by atoms with van der Waals surface area (Å²) in [6, 6.07) is 0. The van der Waals surface area contributed by atoms with E-state index in [1.807, 2.05) is 11.8 Å². The Bertz CT molecular complexity index is 190. The van der Waals surface area contributed by atoms with Crippen LogP contribution in [0.25, 0.3) is 0 Å². The van der Waals surface area contributed by atoms with Crippen molar-refractivity contribution in [2.75, 3.05) is 18.1 Å². The average Bonchev–Trinajstić information content (AvgIpc) is 2.52. The maximum atomic E-state index is 9.27. The van der Waals surface area contributed by atoms with E-state index in [-0.39, 0.29) is 0 Å². The zero-order valence-corrected chi connectivity index (χ0v) is 8.26. The summed E-state index contributed by atoms with van der Waals surface area (Å²) < 4.78 is 0. The van der Waals surface area contributed by atoms with Gasteiger partial charge in [0.1, 0.15) is 0 Å². The number of allylic oxidation sites excluding steroid dienone is 2. The molecule has 1 aliphatic heterocycles. The SMILES string of the molecule is CC1C=CC2CSCC2C1CO. The van der Waals surface area contributed by atoms with Crippen molar-refractivity contribution in [3.05, 3.63) is 12.2 Å². The zero-order valence-electron chi connectivity index (χ0n) is 7.44. The van der Waals surface area contributed by atoms with Gasteiger partial charge in [0.25, 0.3) is 0 Å². The lowest BCUT2D eigenvalue weighted by molar-refractivity contribution is 0.133. The van der Waals surface area contributed by atoms with Gasteiger partial charge in [0, 0.05) is 6.61 Å². The Balaban J connectivity index is 2.16. The molecule has 0 aromatic heterocycles. The van der Waals surface area contributed by atoms with E-state index in [1.54, 1.807) is 0 Å². The van der Waals surface area contributed by atoms with Crippen molar-refractivity contribution in [1.82, 2.24) is 0 Å². The van der Waals surface area contributed by atoms with E-state index < -0.39 is 0 Å². The van der Waals surface area contributed by atoms with Crippen LogP contribution in [0, 0.1) is 23.7 Å². The summed E-state index contributed by atoms with van der Waals surface area (Å²) in [5, 5.41) is 9.27. The van der Waals surface area contributed by atoms with Crippen LogP contribution in [0.2, 0.25) is 0 Å². The molecule has 4 atom stereocenters. The molecule has 1 N–H and O–H groups in total. The van der Waals surface area contributed by atoms with Crippen molar-refractivity contribution in [3.8, 4) is 0 Å². The molecule has 1 aliphatic carbocycles. The van der Waals surface area contributed by atoms with Gasteiger partial charge in [0.2, 0.25) is 0 Å². The molecule has 0 saturated carbocycles. The fourth-order valence-electron chi connectivity index (χ4n) is 2.38. The molecule has 0 spiro atoms. The first-order valence-electron chi connectivity index (χ1n) is 4.70. The average molecular weight is 184 g/mol. The number of aliphatic hydroxyl groups is 1. The Labute approximate surface area is 78.2 Å². The van der Waals surface area contributed by atoms with Gasteiger partial charge in [-0.2, -0.15) is 11.8 Å². The molecule has 2 rings (SSSR count). The normalized spacial score (nSPS) is 46.2. The molecule has 2 aliphatic rings. The van der Waals surface area contributed by atoms with E-state index in [1.165, 1.54) is 11.5 Å². The minimum atomic E-state index is 0.368. The predicted molar refractivity (Wildman–Crippen MR) is 53.2 cm³/mol. The fourth-order valence-corrected chi connectivity index (χ4v) is 3.91. The first kappa shape index (κ1) is 8.64. The van der Waals surface area contributed by atoms with Gasteiger partial charge in [-0.1, -0.05) is 19.1 Å². The highest BCUT2D eigenvalue weighted by molar-refractivity contribution is 7.99. The molecule has 1 fully saturated rings. The van der Waals surface area contributed by atoms with Gasteiger partial charge >= 0.3 is 0 Å². The summed E-state index contributed by atoms with van der Waals surface area (Å²) in [5.41, 5.74) is 0. The van der Waals surface area contributed by atoms with Crippen molar-refractivity contribution in [2.45, 2.75) is 6.92 Å². The van der Waals surface area contributed by atoms with Gasteiger partial charge in [0.05, 0.1) is 0 Å². The third kappa shape index (κ3) is 1.31.